The van der Waals surface area contributed by atoms with Crippen LogP contribution in [-0.2, 0) is 14.4 Å². The van der Waals surface area contributed by atoms with Crippen LogP contribution in [-0.4, -0.2) is 83.5 Å². The Hall–Kier alpha value is -1.93. The second-order valence-corrected chi connectivity index (χ2v) is 10.1. The van der Waals surface area contributed by atoms with Crippen molar-refractivity contribution in [2.45, 2.75) is 126 Å². The Kier molecular flexibility index (Phi) is 21.2. The van der Waals surface area contributed by atoms with Crippen molar-refractivity contribution in [1.82, 2.24) is 20.4 Å². The van der Waals surface area contributed by atoms with Crippen molar-refractivity contribution < 1.29 is 19.5 Å². The van der Waals surface area contributed by atoms with Crippen molar-refractivity contribution in [3.05, 3.63) is 11.6 Å². The first-order valence-corrected chi connectivity index (χ1v) is 14.3. The van der Waals surface area contributed by atoms with Gasteiger partial charge in [0.05, 0.1) is 18.7 Å². The number of piperidine rings is 1. The molecule has 8 nitrogen and oxygen atoms in total. The van der Waals surface area contributed by atoms with Gasteiger partial charge in [-0.1, -0.05) is 67.4 Å². The third-order valence-electron chi connectivity index (χ3n) is 6.19. The van der Waals surface area contributed by atoms with E-state index in [9.17, 15) is 19.5 Å². The molecule has 0 aromatic rings. The van der Waals surface area contributed by atoms with E-state index < -0.39 is 6.04 Å². The molecule has 0 bridgehead atoms. The third-order valence-corrected chi connectivity index (χ3v) is 6.19. The van der Waals surface area contributed by atoms with Crippen LogP contribution in [0.25, 0.3) is 0 Å². The highest BCUT2D eigenvalue weighted by Gasteiger charge is 2.34. The Bertz CT molecular complexity index is 675. The lowest BCUT2D eigenvalue weighted by atomic mass is 9.97. The minimum absolute atomic E-state index is 0.0618. The van der Waals surface area contributed by atoms with Crippen LogP contribution in [0.5, 0.6) is 0 Å². The van der Waals surface area contributed by atoms with Gasteiger partial charge in [-0.05, 0) is 52.5 Å². The van der Waals surface area contributed by atoms with Crippen molar-refractivity contribution in [2.24, 2.45) is 5.92 Å². The lowest BCUT2D eigenvalue weighted by Gasteiger charge is -2.38. The number of carbonyl (C=O) groups is 3. The van der Waals surface area contributed by atoms with Gasteiger partial charge in [-0.3, -0.25) is 19.3 Å². The highest BCUT2D eigenvalue weighted by molar-refractivity contribution is 5.93. The monoisotopic (exact) mass is 526 g/mol. The van der Waals surface area contributed by atoms with E-state index in [1.165, 1.54) is 11.3 Å². The minimum atomic E-state index is -0.621. The van der Waals surface area contributed by atoms with E-state index in [0.29, 0.717) is 12.0 Å². The predicted octanol–water partition coefficient (Wildman–Crippen LogP) is 4.12. The van der Waals surface area contributed by atoms with Crippen molar-refractivity contribution in [3.8, 4) is 0 Å². The van der Waals surface area contributed by atoms with E-state index in [1.807, 2.05) is 34.6 Å². The average molecular weight is 527 g/mol. The summed E-state index contributed by atoms with van der Waals surface area (Å²) in [5.74, 6) is -0.578. The summed E-state index contributed by atoms with van der Waals surface area (Å²) in [6, 6.07) is -0.827. The zero-order valence-corrected chi connectivity index (χ0v) is 25.7. The highest BCUT2D eigenvalue weighted by atomic mass is 16.3. The Balaban J connectivity index is 0. The molecule has 1 rings (SSSR count). The molecule has 1 aliphatic heterocycles. The fourth-order valence-corrected chi connectivity index (χ4v) is 3.89. The maximum absolute atomic E-state index is 13.1. The molecule has 1 saturated heterocycles. The number of aliphatic hydroxyl groups excluding tert-OH is 1. The molecule has 218 valence electrons. The van der Waals surface area contributed by atoms with E-state index >= 15 is 0 Å². The molecule has 0 aromatic heterocycles. The molecule has 1 aliphatic rings. The van der Waals surface area contributed by atoms with Crippen LogP contribution < -0.4 is 10.6 Å². The number of amides is 3. The van der Waals surface area contributed by atoms with E-state index in [0.717, 1.165) is 25.8 Å². The van der Waals surface area contributed by atoms with Crippen LogP contribution in [0.4, 0.5) is 0 Å². The van der Waals surface area contributed by atoms with Gasteiger partial charge >= 0.3 is 0 Å². The Morgan fingerprint density at radius 1 is 1.05 bits per heavy atom. The maximum Gasteiger partial charge on any atom is 0.246 e. The quantitative estimate of drug-likeness (QED) is 0.352. The summed E-state index contributed by atoms with van der Waals surface area (Å²) in [6.45, 7) is 20.9. The zero-order chi connectivity index (χ0) is 29.1. The Morgan fingerprint density at radius 2 is 1.62 bits per heavy atom. The molecule has 0 radical (unpaired) electrons. The van der Waals surface area contributed by atoms with Gasteiger partial charge in [-0.25, -0.2) is 0 Å². The van der Waals surface area contributed by atoms with Gasteiger partial charge in [0.25, 0.3) is 0 Å². The standard InChI is InChI=1S/C24H44N4O4.C3H8.C2H6/c1-8-19(15-29)25-22(30)18(6)12-14-27(7)24(32)21(16(2)3)26-23(31)20-11-9-10-13-28(20)17(4)5;1-3-2;1-2/h12,16-17,19-21,29H,8-11,13-15H2,1-7H3,(H,25,30)(H,26,31);3H2,1-2H3;1-2H3/b18-12+;;. The topological polar surface area (TPSA) is 102 Å². The van der Waals surface area contributed by atoms with Crippen LogP contribution in [0.15, 0.2) is 11.6 Å². The molecule has 0 saturated carbocycles. The van der Waals surface area contributed by atoms with Gasteiger partial charge in [0.15, 0.2) is 0 Å². The first-order chi connectivity index (χ1) is 17.4. The Labute approximate surface area is 227 Å². The Morgan fingerprint density at radius 3 is 2.08 bits per heavy atom. The summed E-state index contributed by atoms with van der Waals surface area (Å²) in [7, 11) is 1.68. The average Bonchev–Trinajstić information content (AvgIpc) is 2.89. The zero-order valence-electron chi connectivity index (χ0n) is 25.7. The van der Waals surface area contributed by atoms with E-state index in [1.54, 1.807) is 20.0 Å². The van der Waals surface area contributed by atoms with E-state index in [2.05, 4.69) is 43.2 Å². The fourth-order valence-electron chi connectivity index (χ4n) is 3.89. The number of nitrogens with zero attached hydrogens (tertiary/aromatic N) is 2. The van der Waals surface area contributed by atoms with Crippen LogP contribution in [0, 0.1) is 5.92 Å². The molecular weight excluding hydrogens is 468 g/mol. The van der Waals surface area contributed by atoms with Crippen molar-refractivity contribution in [3.63, 3.8) is 0 Å². The van der Waals surface area contributed by atoms with Crippen molar-refractivity contribution in [1.29, 1.82) is 0 Å². The fraction of sp³-hybridized carbons (Fsp3) is 0.828. The number of aliphatic hydroxyl groups is 1. The normalized spacial score (nSPS) is 17.6. The van der Waals surface area contributed by atoms with Gasteiger partial charge in [0.2, 0.25) is 17.7 Å². The molecule has 3 unspecified atom stereocenters. The van der Waals surface area contributed by atoms with Gasteiger partial charge < -0.3 is 20.6 Å². The summed E-state index contributed by atoms with van der Waals surface area (Å²) in [6.07, 6.45) is 6.50. The van der Waals surface area contributed by atoms with Crippen molar-refractivity contribution in [2.75, 3.05) is 26.7 Å². The smallest absolute Gasteiger partial charge is 0.246 e. The van der Waals surface area contributed by atoms with Crippen LogP contribution in [0.2, 0.25) is 0 Å². The second kappa shape index (κ2) is 21.1. The SMILES string of the molecule is CC.CCC.CCC(CO)NC(=O)/C(C)=C/CN(C)C(=O)C(NC(=O)C1CCCCN1C(C)C)C(C)C. The summed E-state index contributed by atoms with van der Waals surface area (Å²) in [5, 5.41) is 15.0. The van der Waals surface area contributed by atoms with Gasteiger partial charge in [0.1, 0.15) is 6.04 Å². The maximum atomic E-state index is 13.1. The number of likely N-dealkylation sites (N-methyl/N-ethyl adjacent to an activating group) is 1. The van der Waals surface area contributed by atoms with Crippen LogP contribution in [0.1, 0.15) is 101 Å². The third kappa shape index (κ3) is 14.0. The number of hydrogen-bond acceptors (Lipinski definition) is 5. The number of hydrogen-bond donors (Lipinski definition) is 3. The first-order valence-electron chi connectivity index (χ1n) is 14.3. The largest absolute Gasteiger partial charge is 0.394 e. The van der Waals surface area contributed by atoms with Gasteiger partial charge in [0, 0.05) is 25.2 Å². The minimum Gasteiger partial charge on any atom is -0.394 e. The molecule has 3 amide bonds. The summed E-state index contributed by atoms with van der Waals surface area (Å²) < 4.78 is 0. The first kappa shape index (κ1) is 37.2. The molecular formula is C29H58N4O4. The number of rotatable bonds is 11. The predicted molar refractivity (Wildman–Crippen MR) is 154 cm³/mol. The number of nitrogens with one attached hydrogen (secondary N) is 2. The van der Waals surface area contributed by atoms with Crippen molar-refractivity contribution >= 4 is 17.7 Å². The molecule has 1 fully saturated rings. The van der Waals surface area contributed by atoms with Gasteiger partial charge in [-0.2, -0.15) is 0 Å². The second-order valence-electron chi connectivity index (χ2n) is 10.1. The number of likely N-dealkylation sites (tertiary alicyclic amines) is 1. The molecule has 1 heterocycles. The molecule has 37 heavy (non-hydrogen) atoms. The summed E-state index contributed by atoms with van der Waals surface area (Å²) in [4.78, 5) is 42.2. The van der Waals surface area contributed by atoms with Crippen LogP contribution >= 0.6 is 0 Å². The molecule has 8 heteroatoms. The molecule has 3 N–H and O–H groups in total. The summed E-state index contributed by atoms with van der Waals surface area (Å²) >= 11 is 0. The summed E-state index contributed by atoms with van der Waals surface area (Å²) in [5.41, 5.74) is 0.483. The highest BCUT2D eigenvalue weighted by Crippen LogP contribution is 2.20. The molecule has 3 atom stereocenters. The lowest BCUT2D eigenvalue weighted by Crippen LogP contribution is -2.57. The van der Waals surface area contributed by atoms with E-state index in [-0.39, 0.29) is 54.9 Å². The molecule has 0 aromatic carbocycles. The van der Waals surface area contributed by atoms with Crippen LogP contribution in [0.3, 0.4) is 0 Å². The lowest BCUT2D eigenvalue weighted by molar-refractivity contribution is -0.138. The molecule has 0 aliphatic carbocycles. The number of carbonyl (C=O) groups excluding carboxylic acids is 3. The molecule has 0 spiro atoms. The van der Waals surface area contributed by atoms with Gasteiger partial charge in [-0.15, -0.1) is 0 Å². The van der Waals surface area contributed by atoms with E-state index in [4.69, 9.17) is 0 Å².